The van der Waals surface area contributed by atoms with Crippen molar-refractivity contribution < 1.29 is 9.21 Å². The van der Waals surface area contributed by atoms with Crippen LogP contribution >= 0.6 is 0 Å². The molecule has 6 heteroatoms. The molecule has 0 radical (unpaired) electrons. The Kier molecular flexibility index (Phi) is 5.35. The molecular formula is C18H25N3O3. The number of benzene rings is 1. The maximum atomic E-state index is 12.0. The first-order chi connectivity index (χ1) is 11.6. The highest BCUT2D eigenvalue weighted by Crippen LogP contribution is 2.19. The van der Waals surface area contributed by atoms with Crippen molar-refractivity contribution in [3.8, 4) is 0 Å². The lowest BCUT2D eigenvalue weighted by molar-refractivity contribution is -0.119. The minimum Gasteiger partial charge on any atom is -0.408 e. The molecule has 2 aromatic rings. The largest absolute Gasteiger partial charge is 0.419 e. The molecule has 1 amide bonds. The fourth-order valence-corrected chi connectivity index (χ4v) is 3.51. The number of fused-ring (bicyclic) bond motifs is 1. The molecule has 0 bridgehead atoms. The molecule has 0 saturated carbocycles. The van der Waals surface area contributed by atoms with E-state index in [1.807, 2.05) is 24.3 Å². The lowest BCUT2D eigenvalue weighted by atomic mass is 9.95. The Morgan fingerprint density at radius 3 is 3.00 bits per heavy atom. The molecule has 1 saturated heterocycles. The third kappa shape index (κ3) is 4.06. The second-order valence-corrected chi connectivity index (χ2v) is 6.57. The van der Waals surface area contributed by atoms with Gasteiger partial charge in [0.25, 0.3) is 0 Å². The van der Waals surface area contributed by atoms with Gasteiger partial charge in [-0.05, 0) is 43.9 Å². The van der Waals surface area contributed by atoms with Crippen LogP contribution in [0.25, 0.3) is 11.1 Å². The highest BCUT2D eigenvalue weighted by atomic mass is 16.4. The van der Waals surface area contributed by atoms with Gasteiger partial charge in [-0.25, -0.2) is 4.79 Å². The van der Waals surface area contributed by atoms with Crippen molar-refractivity contribution in [2.24, 2.45) is 5.92 Å². The number of carbonyl (C=O) groups is 1. The number of amides is 1. The number of piperidine rings is 1. The fourth-order valence-electron chi connectivity index (χ4n) is 3.51. The molecule has 1 aromatic carbocycles. The molecule has 3 rings (SSSR count). The summed E-state index contributed by atoms with van der Waals surface area (Å²) in [5, 5.41) is 2.87. The summed E-state index contributed by atoms with van der Waals surface area (Å²) < 4.78 is 7.00. The molecule has 0 unspecified atom stereocenters. The summed E-state index contributed by atoms with van der Waals surface area (Å²) in [6.07, 6.45) is 3.40. The molecule has 2 heterocycles. The number of para-hydroxylation sites is 2. The van der Waals surface area contributed by atoms with Crippen LogP contribution in [-0.2, 0) is 11.3 Å². The van der Waals surface area contributed by atoms with Crippen LogP contribution in [0.1, 0.15) is 26.2 Å². The number of nitrogens with one attached hydrogen (secondary N) is 1. The molecule has 1 aliphatic rings. The average Bonchev–Trinajstić information content (AvgIpc) is 2.88. The lowest BCUT2D eigenvalue weighted by Crippen LogP contribution is -2.39. The summed E-state index contributed by atoms with van der Waals surface area (Å²) in [5.41, 5.74) is 1.51. The zero-order valence-electron chi connectivity index (χ0n) is 14.2. The Balaban J connectivity index is 1.55. The van der Waals surface area contributed by atoms with Crippen molar-refractivity contribution in [1.29, 1.82) is 0 Å². The fraction of sp³-hybridized carbons (Fsp3) is 0.556. The van der Waals surface area contributed by atoms with Crippen molar-refractivity contribution >= 4 is 17.0 Å². The van der Waals surface area contributed by atoms with Gasteiger partial charge in [-0.1, -0.05) is 12.1 Å². The zero-order valence-corrected chi connectivity index (χ0v) is 14.2. The van der Waals surface area contributed by atoms with Crippen molar-refractivity contribution in [3.05, 3.63) is 34.8 Å². The predicted octanol–water partition coefficient (Wildman–Crippen LogP) is 1.83. The van der Waals surface area contributed by atoms with Gasteiger partial charge in [0.15, 0.2) is 5.58 Å². The minimum absolute atomic E-state index is 0.0360. The SMILES string of the molecule is CC(=O)NCC[C@@H]1CCCN(CCn2c(=O)oc3ccccc32)C1. The first-order valence-corrected chi connectivity index (χ1v) is 8.68. The van der Waals surface area contributed by atoms with Gasteiger partial charge in [0.1, 0.15) is 0 Å². The molecule has 1 atom stereocenters. The molecule has 1 aromatic heterocycles. The average molecular weight is 331 g/mol. The number of carbonyl (C=O) groups excluding carboxylic acids is 1. The van der Waals surface area contributed by atoms with Gasteiger partial charge in [-0.2, -0.15) is 0 Å². The molecule has 6 nitrogen and oxygen atoms in total. The van der Waals surface area contributed by atoms with Crippen LogP contribution in [0.5, 0.6) is 0 Å². The van der Waals surface area contributed by atoms with Crippen molar-refractivity contribution in [2.75, 3.05) is 26.2 Å². The summed E-state index contributed by atoms with van der Waals surface area (Å²) in [6, 6.07) is 7.55. The summed E-state index contributed by atoms with van der Waals surface area (Å²) in [6.45, 7) is 5.90. The standard InChI is InChI=1S/C18H25N3O3/c1-14(22)19-9-8-15-5-4-10-20(13-15)11-12-21-16-6-2-3-7-17(16)24-18(21)23/h2-3,6-7,15H,4-5,8-13H2,1H3,(H,19,22)/t15-/m0/s1. The zero-order chi connectivity index (χ0) is 16.9. The quantitative estimate of drug-likeness (QED) is 0.877. The van der Waals surface area contributed by atoms with Crippen molar-refractivity contribution in [1.82, 2.24) is 14.8 Å². The summed E-state index contributed by atoms with van der Waals surface area (Å²) in [4.78, 5) is 25.4. The van der Waals surface area contributed by atoms with Gasteiger partial charge in [-0.15, -0.1) is 0 Å². The van der Waals surface area contributed by atoms with Crippen LogP contribution in [0.4, 0.5) is 0 Å². The van der Waals surface area contributed by atoms with E-state index in [0.717, 1.165) is 38.1 Å². The second-order valence-electron chi connectivity index (χ2n) is 6.57. The van der Waals surface area contributed by atoms with Crippen molar-refractivity contribution in [3.63, 3.8) is 0 Å². The Labute approximate surface area is 141 Å². The molecule has 1 aliphatic heterocycles. The molecule has 1 N–H and O–H groups in total. The monoisotopic (exact) mass is 331 g/mol. The third-order valence-corrected chi connectivity index (χ3v) is 4.74. The highest BCUT2D eigenvalue weighted by Gasteiger charge is 2.20. The number of aromatic nitrogens is 1. The first-order valence-electron chi connectivity index (χ1n) is 8.68. The first kappa shape index (κ1) is 16.8. The minimum atomic E-state index is -0.282. The van der Waals surface area contributed by atoms with E-state index in [2.05, 4.69) is 10.2 Å². The number of hydrogen-bond donors (Lipinski definition) is 1. The summed E-state index contributed by atoms with van der Waals surface area (Å²) in [7, 11) is 0. The van der Waals surface area contributed by atoms with Gasteiger partial charge in [0.2, 0.25) is 5.91 Å². The maximum absolute atomic E-state index is 12.0. The number of rotatable bonds is 6. The third-order valence-electron chi connectivity index (χ3n) is 4.74. The number of likely N-dealkylation sites (tertiary alicyclic amines) is 1. The van der Waals surface area contributed by atoms with E-state index in [9.17, 15) is 9.59 Å². The number of nitrogens with zero attached hydrogens (tertiary/aromatic N) is 2. The van der Waals surface area contributed by atoms with Crippen LogP contribution in [-0.4, -0.2) is 41.6 Å². The Morgan fingerprint density at radius 1 is 1.33 bits per heavy atom. The molecule has 0 spiro atoms. The lowest BCUT2D eigenvalue weighted by Gasteiger charge is -2.32. The van der Waals surface area contributed by atoms with Gasteiger partial charge in [-0.3, -0.25) is 9.36 Å². The van der Waals surface area contributed by atoms with Gasteiger partial charge in [0.05, 0.1) is 5.52 Å². The smallest absolute Gasteiger partial charge is 0.408 e. The maximum Gasteiger partial charge on any atom is 0.419 e. The van der Waals surface area contributed by atoms with E-state index in [-0.39, 0.29) is 11.7 Å². The van der Waals surface area contributed by atoms with Gasteiger partial charge >= 0.3 is 5.76 Å². The van der Waals surface area contributed by atoms with E-state index in [0.29, 0.717) is 18.0 Å². The summed E-state index contributed by atoms with van der Waals surface area (Å²) >= 11 is 0. The van der Waals surface area contributed by atoms with Crippen LogP contribution < -0.4 is 11.1 Å². The summed E-state index contributed by atoms with van der Waals surface area (Å²) in [5.74, 6) is 0.368. The number of hydrogen-bond acceptors (Lipinski definition) is 4. The van der Waals surface area contributed by atoms with E-state index < -0.39 is 0 Å². The molecular weight excluding hydrogens is 306 g/mol. The Bertz CT molecular complexity index is 749. The van der Waals surface area contributed by atoms with E-state index in [1.165, 1.54) is 12.8 Å². The second kappa shape index (κ2) is 7.66. The van der Waals surface area contributed by atoms with Crippen LogP contribution in [0.2, 0.25) is 0 Å². The topological polar surface area (TPSA) is 67.5 Å². The molecule has 130 valence electrons. The normalized spacial score (nSPS) is 18.8. The van der Waals surface area contributed by atoms with E-state index in [1.54, 1.807) is 11.5 Å². The number of oxazole rings is 1. The molecule has 1 fully saturated rings. The predicted molar refractivity (Wildman–Crippen MR) is 92.9 cm³/mol. The molecule has 0 aliphatic carbocycles. The Hall–Kier alpha value is -2.08. The van der Waals surface area contributed by atoms with Crippen LogP contribution in [0.15, 0.2) is 33.5 Å². The van der Waals surface area contributed by atoms with Gasteiger partial charge < -0.3 is 14.6 Å². The van der Waals surface area contributed by atoms with Crippen molar-refractivity contribution in [2.45, 2.75) is 32.7 Å². The Morgan fingerprint density at radius 2 is 2.17 bits per heavy atom. The van der Waals surface area contributed by atoms with E-state index in [4.69, 9.17) is 4.42 Å². The van der Waals surface area contributed by atoms with Crippen LogP contribution in [0.3, 0.4) is 0 Å². The van der Waals surface area contributed by atoms with Gasteiger partial charge in [0, 0.05) is 33.1 Å². The van der Waals surface area contributed by atoms with E-state index >= 15 is 0 Å². The van der Waals surface area contributed by atoms with Crippen LogP contribution in [0, 0.1) is 5.92 Å². The highest BCUT2D eigenvalue weighted by molar-refractivity contribution is 5.73. The molecule has 24 heavy (non-hydrogen) atoms.